The molecule has 5 heteroatoms. The van der Waals surface area contributed by atoms with Crippen LogP contribution in [0.15, 0.2) is 24.3 Å². The third-order valence-corrected chi connectivity index (χ3v) is 4.50. The lowest BCUT2D eigenvalue weighted by molar-refractivity contribution is -0.142. The fourth-order valence-electron chi connectivity index (χ4n) is 2.80. The number of rotatable bonds is 7. The number of fused-ring (bicyclic) bond motifs is 1. The number of benzene rings is 1. The van der Waals surface area contributed by atoms with Crippen molar-refractivity contribution >= 4 is 23.6 Å². The minimum atomic E-state index is -0.952. The zero-order valence-corrected chi connectivity index (χ0v) is 13.0. The van der Waals surface area contributed by atoms with Gasteiger partial charge in [0.15, 0.2) is 0 Å². The first-order valence-corrected chi connectivity index (χ1v) is 8.57. The van der Waals surface area contributed by atoms with Gasteiger partial charge in [0.1, 0.15) is 6.04 Å². The summed E-state index contributed by atoms with van der Waals surface area (Å²) in [6, 6.07) is 7.47. The summed E-state index contributed by atoms with van der Waals surface area (Å²) in [5.74, 6) is -0.0858. The third kappa shape index (κ3) is 4.49. The second kappa shape index (κ2) is 7.50. The molecule has 0 unspecified atom stereocenters. The van der Waals surface area contributed by atoms with Crippen molar-refractivity contribution in [2.75, 3.05) is 12.0 Å². The molecule has 0 bridgehead atoms. The van der Waals surface area contributed by atoms with Crippen LogP contribution >= 0.6 is 11.8 Å². The quantitative estimate of drug-likeness (QED) is 0.810. The highest BCUT2D eigenvalue weighted by molar-refractivity contribution is 7.98. The largest absolute Gasteiger partial charge is 0.480 e. The average molecular weight is 307 g/mol. The summed E-state index contributed by atoms with van der Waals surface area (Å²) in [5.41, 5.74) is 2.62. The first-order valence-electron chi connectivity index (χ1n) is 7.18. The van der Waals surface area contributed by atoms with E-state index < -0.39 is 12.0 Å². The van der Waals surface area contributed by atoms with Crippen LogP contribution in [0, 0.1) is 5.92 Å². The molecule has 2 N–H and O–H groups in total. The highest BCUT2D eigenvalue weighted by Gasteiger charge is 2.25. The van der Waals surface area contributed by atoms with Crippen LogP contribution in [-0.4, -0.2) is 35.0 Å². The molecule has 21 heavy (non-hydrogen) atoms. The van der Waals surface area contributed by atoms with Gasteiger partial charge in [-0.2, -0.15) is 11.8 Å². The number of carbonyl (C=O) groups excluding carboxylic acids is 1. The molecule has 1 aliphatic carbocycles. The Morgan fingerprint density at radius 2 is 1.95 bits per heavy atom. The fourth-order valence-corrected chi connectivity index (χ4v) is 3.27. The number of carboxylic acids is 1. The van der Waals surface area contributed by atoms with Crippen molar-refractivity contribution < 1.29 is 14.7 Å². The molecule has 0 fully saturated rings. The van der Waals surface area contributed by atoms with Gasteiger partial charge in [-0.05, 0) is 48.3 Å². The molecule has 1 aromatic rings. The first kappa shape index (κ1) is 15.9. The Balaban J connectivity index is 1.83. The molecule has 114 valence electrons. The van der Waals surface area contributed by atoms with Crippen molar-refractivity contribution in [1.29, 1.82) is 0 Å². The van der Waals surface area contributed by atoms with Gasteiger partial charge in [0.25, 0.3) is 0 Å². The Morgan fingerprint density at radius 3 is 2.48 bits per heavy atom. The summed E-state index contributed by atoms with van der Waals surface area (Å²) in [6.45, 7) is 0. The predicted octanol–water partition coefficient (Wildman–Crippen LogP) is 2.11. The minimum absolute atomic E-state index is 0.152. The van der Waals surface area contributed by atoms with Gasteiger partial charge in [-0.1, -0.05) is 24.3 Å². The number of nitrogens with one attached hydrogen (secondary N) is 1. The van der Waals surface area contributed by atoms with Crippen LogP contribution in [0.3, 0.4) is 0 Å². The van der Waals surface area contributed by atoms with Gasteiger partial charge in [0, 0.05) is 6.42 Å². The van der Waals surface area contributed by atoms with E-state index in [0.717, 1.165) is 18.6 Å². The molecule has 2 rings (SSSR count). The van der Waals surface area contributed by atoms with Crippen LogP contribution < -0.4 is 5.32 Å². The standard InChI is InChI=1S/C16H21NO3S/c1-21-7-6-14(16(19)20)17-15(18)10-11-8-12-4-2-3-5-13(12)9-11/h2-5,11,14H,6-10H2,1H3,(H,17,18)(H,19,20)/t14-/m1/s1. The molecule has 0 saturated carbocycles. The van der Waals surface area contributed by atoms with E-state index in [4.69, 9.17) is 5.11 Å². The summed E-state index contributed by atoms with van der Waals surface area (Å²) in [7, 11) is 0. The van der Waals surface area contributed by atoms with E-state index >= 15 is 0 Å². The highest BCUT2D eigenvalue weighted by atomic mass is 32.2. The minimum Gasteiger partial charge on any atom is -0.480 e. The zero-order valence-electron chi connectivity index (χ0n) is 12.2. The molecule has 0 aliphatic heterocycles. The van der Waals surface area contributed by atoms with Gasteiger partial charge < -0.3 is 10.4 Å². The molecule has 0 spiro atoms. The summed E-state index contributed by atoms with van der Waals surface area (Å²) in [4.78, 5) is 23.2. The second-order valence-corrected chi connectivity index (χ2v) is 6.47. The van der Waals surface area contributed by atoms with Crippen molar-refractivity contribution in [3.05, 3.63) is 35.4 Å². The Bertz CT molecular complexity index is 493. The second-order valence-electron chi connectivity index (χ2n) is 5.49. The third-order valence-electron chi connectivity index (χ3n) is 3.85. The predicted molar refractivity (Wildman–Crippen MR) is 84.5 cm³/mol. The number of aliphatic carboxylic acids is 1. The van der Waals surface area contributed by atoms with Crippen molar-refractivity contribution in [1.82, 2.24) is 5.32 Å². The molecule has 1 atom stereocenters. The maximum atomic E-state index is 12.0. The summed E-state index contributed by atoms with van der Waals surface area (Å²) in [5, 5.41) is 11.8. The lowest BCUT2D eigenvalue weighted by Gasteiger charge is -2.15. The lowest BCUT2D eigenvalue weighted by Crippen LogP contribution is -2.41. The monoisotopic (exact) mass is 307 g/mol. The maximum Gasteiger partial charge on any atom is 0.326 e. The average Bonchev–Trinajstić information content (AvgIpc) is 2.85. The molecule has 0 saturated heterocycles. The zero-order chi connectivity index (χ0) is 15.2. The van der Waals surface area contributed by atoms with Gasteiger partial charge in [0.05, 0.1) is 0 Å². The summed E-state index contributed by atoms with van der Waals surface area (Å²) in [6.07, 6.45) is 4.61. The fraction of sp³-hybridized carbons (Fsp3) is 0.500. The number of hydrogen-bond donors (Lipinski definition) is 2. The number of hydrogen-bond acceptors (Lipinski definition) is 3. The van der Waals surface area contributed by atoms with E-state index in [-0.39, 0.29) is 11.8 Å². The van der Waals surface area contributed by atoms with E-state index in [2.05, 4.69) is 17.4 Å². The van der Waals surface area contributed by atoms with Crippen molar-refractivity contribution in [3.63, 3.8) is 0 Å². The van der Waals surface area contributed by atoms with E-state index in [9.17, 15) is 9.59 Å². The molecule has 1 amide bonds. The number of carboxylic acid groups (broad SMARTS) is 1. The van der Waals surface area contributed by atoms with Crippen LogP contribution in [0.1, 0.15) is 24.0 Å². The Morgan fingerprint density at radius 1 is 1.33 bits per heavy atom. The van der Waals surface area contributed by atoms with Crippen molar-refractivity contribution in [2.24, 2.45) is 5.92 Å². The number of amides is 1. The molecular weight excluding hydrogens is 286 g/mol. The van der Waals surface area contributed by atoms with Crippen LogP contribution in [0.2, 0.25) is 0 Å². The Labute approximate surface area is 129 Å². The molecular formula is C16H21NO3S. The van der Waals surface area contributed by atoms with E-state index in [0.29, 0.717) is 12.8 Å². The van der Waals surface area contributed by atoms with Gasteiger partial charge in [-0.25, -0.2) is 4.79 Å². The van der Waals surface area contributed by atoms with Crippen LogP contribution in [0.25, 0.3) is 0 Å². The molecule has 0 radical (unpaired) electrons. The molecule has 1 aliphatic rings. The van der Waals surface area contributed by atoms with Crippen molar-refractivity contribution in [3.8, 4) is 0 Å². The van der Waals surface area contributed by atoms with Gasteiger partial charge in [-0.3, -0.25) is 4.79 Å². The Kier molecular flexibility index (Phi) is 5.67. The van der Waals surface area contributed by atoms with Gasteiger partial charge in [0.2, 0.25) is 5.91 Å². The van der Waals surface area contributed by atoms with Crippen molar-refractivity contribution in [2.45, 2.75) is 31.7 Å². The molecule has 1 aromatic carbocycles. The van der Waals surface area contributed by atoms with E-state index in [1.54, 1.807) is 11.8 Å². The SMILES string of the molecule is CSCC[C@@H](NC(=O)CC1Cc2ccccc2C1)C(=O)O. The normalized spacial score (nSPS) is 15.5. The molecule has 4 nitrogen and oxygen atoms in total. The summed E-state index contributed by atoms with van der Waals surface area (Å²) >= 11 is 1.58. The van der Waals surface area contributed by atoms with Gasteiger partial charge >= 0.3 is 5.97 Å². The topological polar surface area (TPSA) is 66.4 Å². The number of carbonyl (C=O) groups is 2. The van der Waals surface area contributed by atoms with E-state index in [1.807, 2.05) is 18.4 Å². The highest BCUT2D eigenvalue weighted by Crippen LogP contribution is 2.28. The summed E-state index contributed by atoms with van der Waals surface area (Å²) < 4.78 is 0. The number of thioether (sulfide) groups is 1. The Hall–Kier alpha value is -1.49. The van der Waals surface area contributed by atoms with Crippen LogP contribution in [0.5, 0.6) is 0 Å². The maximum absolute atomic E-state index is 12.0. The van der Waals surface area contributed by atoms with Gasteiger partial charge in [-0.15, -0.1) is 0 Å². The van der Waals surface area contributed by atoms with Crippen LogP contribution in [0.4, 0.5) is 0 Å². The molecule has 0 heterocycles. The first-order chi connectivity index (χ1) is 10.1. The lowest BCUT2D eigenvalue weighted by atomic mass is 10.0. The van der Waals surface area contributed by atoms with E-state index in [1.165, 1.54) is 11.1 Å². The molecule has 0 aromatic heterocycles. The smallest absolute Gasteiger partial charge is 0.326 e. The van der Waals surface area contributed by atoms with Crippen LogP contribution in [-0.2, 0) is 22.4 Å².